The van der Waals surface area contributed by atoms with Crippen molar-refractivity contribution in [2.75, 3.05) is 0 Å². The largest absolute Gasteiger partial charge is 0.505 e. The number of nitrogens with two attached hydrogens (primary N) is 1. The van der Waals surface area contributed by atoms with E-state index in [1.165, 1.54) is 5.57 Å². The molecule has 0 atom stereocenters. The molecule has 0 fully saturated rings. The summed E-state index contributed by atoms with van der Waals surface area (Å²) in [4.78, 5) is 34.1. The number of carbonyl (C=O) groups is 2. The Balaban J connectivity index is 1.76. The Kier molecular flexibility index (Phi) is 5.98. The maximum Gasteiger partial charge on any atom is 0.238 e. The van der Waals surface area contributed by atoms with Crippen molar-refractivity contribution in [3.8, 4) is 0 Å². The second-order valence-electron chi connectivity index (χ2n) is 10.5. The molecule has 0 saturated carbocycles. The molecule has 5 N–H and O–H groups in total. The van der Waals surface area contributed by atoms with E-state index in [1.807, 2.05) is 70.2 Å². The van der Waals surface area contributed by atoms with Gasteiger partial charge in [-0.25, -0.2) is 0 Å². The highest BCUT2D eigenvalue weighted by Crippen LogP contribution is 2.42. The lowest BCUT2D eigenvalue weighted by Crippen LogP contribution is -2.28. The molecule has 0 unspecified atom stereocenters. The number of benzene rings is 2. The van der Waals surface area contributed by atoms with Gasteiger partial charge in [-0.15, -0.1) is 6.58 Å². The fourth-order valence-electron chi connectivity index (χ4n) is 5.10. The summed E-state index contributed by atoms with van der Waals surface area (Å²) < 4.78 is 0. The highest BCUT2D eigenvalue weighted by atomic mass is 16.3. The molecule has 6 nitrogen and oxygen atoms in total. The maximum absolute atomic E-state index is 13.8. The number of carbonyl (C=O) groups excluding carboxylic acids is 2. The lowest BCUT2D eigenvalue weighted by molar-refractivity contribution is -0.130. The number of H-pyrrole nitrogens is 2. The van der Waals surface area contributed by atoms with E-state index in [0.29, 0.717) is 22.2 Å². The molecule has 192 valence electrons. The number of aliphatic hydroxyl groups is 1. The van der Waals surface area contributed by atoms with Crippen molar-refractivity contribution in [2.24, 2.45) is 5.73 Å². The molecular weight excluding hydrogens is 474 g/mol. The molecule has 0 bridgehead atoms. The summed E-state index contributed by atoms with van der Waals surface area (Å²) in [5, 5.41) is 12.9. The fraction of sp³-hybridized carbons (Fsp3) is 0.188. The van der Waals surface area contributed by atoms with Gasteiger partial charge in [-0.05, 0) is 31.9 Å². The average molecular weight is 506 g/mol. The zero-order valence-corrected chi connectivity index (χ0v) is 22.0. The van der Waals surface area contributed by atoms with Crippen molar-refractivity contribution in [1.82, 2.24) is 9.97 Å². The van der Waals surface area contributed by atoms with Crippen molar-refractivity contribution < 1.29 is 14.7 Å². The number of aromatic nitrogens is 2. The summed E-state index contributed by atoms with van der Waals surface area (Å²) >= 11 is 0. The standard InChI is InChI=1S/C32H31N3O3/c1-6-32(4,5)31-23(20-11-7-8-13-22(20)35-31)25-28(36)26(33)24(29(37)30(25)38)21-16-34-27-18(15-14-17(2)3)10-9-12-19(21)27/h6-14,16,34-36H,1,15,33H2,2-5H3. The first kappa shape index (κ1) is 25.1. The van der Waals surface area contributed by atoms with Gasteiger partial charge in [-0.2, -0.15) is 0 Å². The van der Waals surface area contributed by atoms with Crippen LogP contribution in [0.2, 0.25) is 0 Å². The molecule has 4 aromatic rings. The van der Waals surface area contributed by atoms with E-state index in [9.17, 15) is 14.7 Å². The van der Waals surface area contributed by atoms with E-state index in [4.69, 9.17) is 5.73 Å². The van der Waals surface area contributed by atoms with Crippen molar-refractivity contribution in [2.45, 2.75) is 39.5 Å². The van der Waals surface area contributed by atoms with Gasteiger partial charge in [-0.1, -0.05) is 68.0 Å². The van der Waals surface area contributed by atoms with E-state index in [0.717, 1.165) is 28.4 Å². The third-order valence-corrected chi connectivity index (χ3v) is 7.33. The summed E-state index contributed by atoms with van der Waals surface area (Å²) in [7, 11) is 0. The number of aliphatic hydroxyl groups excluding tert-OH is 1. The summed E-state index contributed by atoms with van der Waals surface area (Å²) in [6.45, 7) is 11.9. The molecule has 6 heteroatoms. The number of fused-ring (bicyclic) bond motifs is 2. The van der Waals surface area contributed by atoms with E-state index in [2.05, 4.69) is 22.6 Å². The number of nitrogens with one attached hydrogen (secondary N) is 2. The molecule has 0 spiro atoms. The van der Waals surface area contributed by atoms with Gasteiger partial charge >= 0.3 is 0 Å². The van der Waals surface area contributed by atoms with Crippen LogP contribution < -0.4 is 5.73 Å². The second-order valence-corrected chi connectivity index (χ2v) is 10.5. The second kappa shape index (κ2) is 9.06. The normalized spacial score (nSPS) is 14.6. The van der Waals surface area contributed by atoms with Gasteiger partial charge in [0, 0.05) is 50.2 Å². The quantitative estimate of drug-likeness (QED) is 0.138. The minimum Gasteiger partial charge on any atom is -0.505 e. The van der Waals surface area contributed by atoms with Crippen LogP contribution in [0.15, 0.2) is 84.4 Å². The number of Topliss-reactive ketones (excluding diaryl/α,β-unsaturated/α-hetero) is 2. The molecule has 2 heterocycles. The number of ketones is 2. The average Bonchev–Trinajstić information content (AvgIpc) is 3.50. The van der Waals surface area contributed by atoms with Crippen LogP contribution in [0.4, 0.5) is 0 Å². The lowest BCUT2D eigenvalue weighted by atomic mass is 9.79. The van der Waals surface area contributed by atoms with Crippen LogP contribution in [-0.2, 0) is 21.4 Å². The van der Waals surface area contributed by atoms with Gasteiger partial charge < -0.3 is 20.8 Å². The first-order valence-corrected chi connectivity index (χ1v) is 12.6. The van der Waals surface area contributed by atoms with Crippen molar-refractivity contribution in [1.29, 1.82) is 0 Å². The first-order chi connectivity index (χ1) is 18.1. The van der Waals surface area contributed by atoms with Crippen molar-refractivity contribution >= 4 is 44.5 Å². The lowest BCUT2D eigenvalue weighted by Gasteiger charge is -2.24. The summed E-state index contributed by atoms with van der Waals surface area (Å²) in [6.07, 6.45) is 6.29. The van der Waals surface area contributed by atoms with E-state index in [1.54, 1.807) is 12.3 Å². The molecule has 0 saturated heterocycles. The monoisotopic (exact) mass is 505 g/mol. The van der Waals surface area contributed by atoms with Crippen LogP contribution in [-0.4, -0.2) is 26.6 Å². The van der Waals surface area contributed by atoms with Crippen LogP contribution in [0.3, 0.4) is 0 Å². The molecule has 1 aliphatic carbocycles. The van der Waals surface area contributed by atoms with Gasteiger partial charge in [0.1, 0.15) is 0 Å². The minimum absolute atomic E-state index is 0.00577. The Labute approximate surface area is 221 Å². The Morgan fingerprint density at radius 1 is 1.03 bits per heavy atom. The number of allylic oxidation sites excluding steroid dienone is 5. The molecule has 2 aromatic heterocycles. The number of aromatic amines is 2. The SMILES string of the molecule is C=CC(C)(C)c1[nH]c2ccccc2c1C1=C(O)C(N)=C(c2c[nH]c3c(CC=C(C)C)cccc23)C(=O)C1=O. The van der Waals surface area contributed by atoms with Crippen molar-refractivity contribution in [3.63, 3.8) is 0 Å². The number of hydrogen-bond acceptors (Lipinski definition) is 4. The number of hydrogen-bond donors (Lipinski definition) is 4. The minimum atomic E-state index is -0.799. The Morgan fingerprint density at radius 3 is 2.42 bits per heavy atom. The van der Waals surface area contributed by atoms with E-state index in [-0.39, 0.29) is 16.8 Å². The molecule has 0 amide bonds. The molecule has 2 aromatic carbocycles. The maximum atomic E-state index is 13.8. The zero-order chi connectivity index (χ0) is 27.4. The summed E-state index contributed by atoms with van der Waals surface area (Å²) in [6, 6.07) is 13.3. The molecular formula is C32H31N3O3. The fourth-order valence-corrected chi connectivity index (χ4v) is 5.10. The van der Waals surface area contributed by atoms with Crippen LogP contribution in [0, 0.1) is 0 Å². The Morgan fingerprint density at radius 2 is 1.71 bits per heavy atom. The number of rotatable bonds is 6. The van der Waals surface area contributed by atoms with Gasteiger partial charge in [0.15, 0.2) is 5.76 Å². The van der Waals surface area contributed by atoms with Crippen LogP contribution in [0.25, 0.3) is 33.0 Å². The van der Waals surface area contributed by atoms with Crippen molar-refractivity contribution in [3.05, 3.63) is 107 Å². The molecule has 1 aliphatic rings. The topological polar surface area (TPSA) is 112 Å². The van der Waals surface area contributed by atoms with Crippen LogP contribution in [0.1, 0.15) is 50.1 Å². The number of para-hydroxylation sites is 2. The van der Waals surface area contributed by atoms with Gasteiger partial charge in [0.2, 0.25) is 11.6 Å². The van der Waals surface area contributed by atoms with Gasteiger partial charge in [0.25, 0.3) is 0 Å². The van der Waals surface area contributed by atoms with Gasteiger partial charge in [0.05, 0.1) is 16.8 Å². The van der Waals surface area contributed by atoms with E-state index < -0.39 is 22.7 Å². The highest BCUT2D eigenvalue weighted by Gasteiger charge is 2.40. The predicted octanol–water partition coefficient (Wildman–Crippen LogP) is 6.41. The molecule has 5 rings (SSSR count). The molecule has 0 aliphatic heterocycles. The molecule has 38 heavy (non-hydrogen) atoms. The predicted molar refractivity (Wildman–Crippen MR) is 154 cm³/mol. The Hall–Kier alpha value is -4.58. The zero-order valence-electron chi connectivity index (χ0n) is 22.0. The summed E-state index contributed by atoms with van der Waals surface area (Å²) in [5.41, 5.74) is 11.2. The van der Waals surface area contributed by atoms with Crippen LogP contribution in [0.5, 0.6) is 0 Å². The third-order valence-electron chi connectivity index (χ3n) is 7.33. The van der Waals surface area contributed by atoms with Gasteiger partial charge in [-0.3, -0.25) is 9.59 Å². The first-order valence-electron chi connectivity index (χ1n) is 12.6. The molecule has 0 radical (unpaired) electrons. The van der Waals surface area contributed by atoms with E-state index >= 15 is 0 Å². The highest BCUT2D eigenvalue weighted by molar-refractivity contribution is 6.67. The third kappa shape index (κ3) is 3.80. The summed E-state index contributed by atoms with van der Waals surface area (Å²) in [5.74, 6) is -1.95. The smallest absolute Gasteiger partial charge is 0.238 e. The van der Waals surface area contributed by atoms with Crippen LogP contribution >= 0.6 is 0 Å². The Bertz CT molecular complexity index is 1750.